The van der Waals surface area contributed by atoms with E-state index in [1.807, 2.05) is 6.20 Å². The highest BCUT2D eigenvalue weighted by Gasteiger charge is 2.05. The van der Waals surface area contributed by atoms with Crippen molar-refractivity contribution in [1.29, 1.82) is 0 Å². The van der Waals surface area contributed by atoms with Crippen LogP contribution >= 0.6 is 0 Å². The molecule has 0 fully saturated rings. The maximum atomic E-state index is 4.45. The third kappa shape index (κ3) is 6.24. The Morgan fingerprint density at radius 3 is 2.53 bits per heavy atom. The molecular weight excluding hydrogens is 234 g/mol. The Hall–Kier alpha value is -0.830. The summed E-state index contributed by atoms with van der Waals surface area (Å²) in [5, 5.41) is 3.46. The second kappa shape index (κ2) is 10.0. The number of imidazole rings is 1. The van der Waals surface area contributed by atoms with E-state index < -0.39 is 0 Å². The van der Waals surface area contributed by atoms with E-state index in [2.05, 4.69) is 35.6 Å². The zero-order valence-electron chi connectivity index (χ0n) is 13.0. The van der Waals surface area contributed by atoms with Gasteiger partial charge in [0.25, 0.3) is 0 Å². The average molecular weight is 265 g/mol. The molecule has 1 N–H and O–H groups in total. The van der Waals surface area contributed by atoms with Crippen LogP contribution in [-0.2, 0) is 13.1 Å². The van der Waals surface area contributed by atoms with E-state index in [1.165, 1.54) is 50.6 Å². The molecule has 0 aliphatic rings. The van der Waals surface area contributed by atoms with Crippen molar-refractivity contribution in [3.05, 3.63) is 17.7 Å². The summed E-state index contributed by atoms with van der Waals surface area (Å²) in [5.41, 5.74) is 1.33. The van der Waals surface area contributed by atoms with Crippen LogP contribution in [0.5, 0.6) is 0 Å². The molecule has 1 rings (SSSR count). The van der Waals surface area contributed by atoms with Gasteiger partial charge in [-0.1, -0.05) is 46.0 Å². The Kier molecular flexibility index (Phi) is 8.55. The van der Waals surface area contributed by atoms with Gasteiger partial charge in [-0.05, 0) is 26.3 Å². The minimum Gasteiger partial charge on any atom is -0.331 e. The van der Waals surface area contributed by atoms with Crippen molar-refractivity contribution in [2.24, 2.45) is 0 Å². The molecular formula is C16H31N3. The van der Waals surface area contributed by atoms with Crippen molar-refractivity contribution in [1.82, 2.24) is 14.9 Å². The molecule has 0 amide bonds. The molecule has 1 aromatic rings. The molecule has 0 radical (unpaired) electrons. The standard InChI is InChI=1S/C16H31N3/c1-4-6-7-8-9-10-12-19-15(3)18-14-16(19)13-17-11-5-2/h14,17H,4-13H2,1-3H3. The molecule has 0 aliphatic carbocycles. The number of hydrogen-bond acceptors (Lipinski definition) is 2. The van der Waals surface area contributed by atoms with Crippen LogP contribution in [-0.4, -0.2) is 16.1 Å². The van der Waals surface area contributed by atoms with Gasteiger partial charge in [0.2, 0.25) is 0 Å². The molecule has 1 heterocycles. The molecule has 0 unspecified atom stereocenters. The highest BCUT2D eigenvalue weighted by Crippen LogP contribution is 2.10. The van der Waals surface area contributed by atoms with Crippen LogP contribution in [0, 0.1) is 6.92 Å². The molecule has 0 saturated carbocycles. The normalized spacial score (nSPS) is 11.1. The Morgan fingerprint density at radius 1 is 1.05 bits per heavy atom. The Labute approximate surface area is 118 Å². The summed E-state index contributed by atoms with van der Waals surface area (Å²) in [6.45, 7) is 9.74. The van der Waals surface area contributed by atoms with E-state index in [1.54, 1.807) is 0 Å². The highest BCUT2D eigenvalue weighted by molar-refractivity contribution is 5.04. The first-order valence-corrected chi connectivity index (χ1v) is 8.01. The summed E-state index contributed by atoms with van der Waals surface area (Å²) in [4.78, 5) is 4.45. The van der Waals surface area contributed by atoms with Gasteiger partial charge in [0.1, 0.15) is 5.82 Å². The number of rotatable bonds is 11. The molecule has 0 spiro atoms. The topological polar surface area (TPSA) is 29.9 Å². The van der Waals surface area contributed by atoms with Crippen molar-refractivity contribution in [3.63, 3.8) is 0 Å². The number of nitrogens with zero attached hydrogens (tertiary/aromatic N) is 2. The van der Waals surface area contributed by atoms with Gasteiger partial charge in [-0.25, -0.2) is 4.98 Å². The minimum atomic E-state index is 0.949. The summed E-state index contributed by atoms with van der Waals surface area (Å²) in [5.74, 6) is 1.15. The van der Waals surface area contributed by atoms with Crippen molar-refractivity contribution in [2.75, 3.05) is 6.54 Å². The predicted molar refractivity (Wildman–Crippen MR) is 82.3 cm³/mol. The molecule has 0 bridgehead atoms. The molecule has 19 heavy (non-hydrogen) atoms. The summed E-state index contributed by atoms with van der Waals surface area (Å²) in [7, 11) is 0. The number of nitrogens with one attached hydrogen (secondary N) is 1. The summed E-state index contributed by atoms with van der Waals surface area (Å²) < 4.78 is 2.38. The summed E-state index contributed by atoms with van der Waals surface area (Å²) >= 11 is 0. The van der Waals surface area contributed by atoms with Crippen LogP contribution in [0.15, 0.2) is 6.20 Å². The van der Waals surface area contributed by atoms with E-state index in [-0.39, 0.29) is 0 Å². The number of unbranched alkanes of at least 4 members (excludes halogenated alkanes) is 5. The molecule has 0 atom stereocenters. The molecule has 0 saturated heterocycles. The maximum Gasteiger partial charge on any atom is 0.105 e. The number of aromatic nitrogens is 2. The van der Waals surface area contributed by atoms with Crippen molar-refractivity contribution in [2.45, 2.75) is 78.8 Å². The van der Waals surface area contributed by atoms with E-state index in [0.29, 0.717) is 0 Å². The molecule has 3 nitrogen and oxygen atoms in total. The molecule has 0 aliphatic heterocycles. The molecule has 110 valence electrons. The Morgan fingerprint density at radius 2 is 1.79 bits per heavy atom. The summed E-state index contributed by atoms with van der Waals surface area (Å²) in [6.07, 6.45) is 11.3. The molecule has 0 aromatic carbocycles. The SMILES string of the molecule is CCCCCCCCn1c(CNCCC)cnc1C. The van der Waals surface area contributed by atoms with Gasteiger partial charge >= 0.3 is 0 Å². The van der Waals surface area contributed by atoms with Gasteiger partial charge in [-0.15, -0.1) is 0 Å². The van der Waals surface area contributed by atoms with Gasteiger partial charge in [-0.3, -0.25) is 0 Å². The molecule has 1 aromatic heterocycles. The van der Waals surface area contributed by atoms with Crippen molar-refractivity contribution >= 4 is 0 Å². The lowest BCUT2D eigenvalue weighted by atomic mass is 10.1. The van der Waals surface area contributed by atoms with Crippen molar-refractivity contribution < 1.29 is 0 Å². The van der Waals surface area contributed by atoms with Gasteiger partial charge in [0.15, 0.2) is 0 Å². The lowest BCUT2D eigenvalue weighted by Crippen LogP contribution is -2.17. The zero-order valence-corrected chi connectivity index (χ0v) is 13.0. The van der Waals surface area contributed by atoms with Gasteiger partial charge < -0.3 is 9.88 Å². The van der Waals surface area contributed by atoms with E-state index in [0.717, 1.165) is 25.5 Å². The lowest BCUT2D eigenvalue weighted by molar-refractivity contribution is 0.531. The first-order chi connectivity index (χ1) is 9.29. The van der Waals surface area contributed by atoms with Crippen molar-refractivity contribution in [3.8, 4) is 0 Å². The van der Waals surface area contributed by atoms with Crippen LogP contribution in [0.1, 0.15) is 70.3 Å². The first kappa shape index (κ1) is 16.2. The fourth-order valence-electron chi connectivity index (χ4n) is 2.41. The van der Waals surface area contributed by atoms with Crippen LogP contribution < -0.4 is 5.32 Å². The van der Waals surface area contributed by atoms with E-state index in [9.17, 15) is 0 Å². The third-order valence-corrected chi connectivity index (χ3v) is 3.61. The number of hydrogen-bond donors (Lipinski definition) is 1. The average Bonchev–Trinajstić information content (AvgIpc) is 2.75. The van der Waals surface area contributed by atoms with Gasteiger partial charge in [0.05, 0.1) is 5.69 Å². The van der Waals surface area contributed by atoms with Crippen LogP contribution in [0.25, 0.3) is 0 Å². The Balaban J connectivity index is 2.29. The smallest absolute Gasteiger partial charge is 0.105 e. The second-order valence-corrected chi connectivity index (χ2v) is 5.39. The third-order valence-electron chi connectivity index (χ3n) is 3.61. The zero-order chi connectivity index (χ0) is 13.9. The minimum absolute atomic E-state index is 0.949. The predicted octanol–water partition coefficient (Wildman–Crippen LogP) is 4.05. The Bertz CT molecular complexity index is 331. The van der Waals surface area contributed by atoms with Gasteiger partial charge in [-0.2, -0.15) is 0 Å². The largest absolute Gasteiger partial charge is 0.331 e. The maximum absolute atomic E-state index is 4.45. The second-order valence-electron chi connectivity index (χ2n) is 5.39. The van der Waals surface area contributed by atoms with Crippen LogP contribution in [0.2, 0.25) is 0 Å². The van der Waals surface area contributed by atoms with Crippen LogP contribution in [0.3, 0.4) is 0 Å². The van der Waals surface area contributed by atoms with E-state index >= 15 is 0 Å². The fourth-order valence-corrected chi connectivity index (χ4v) is 2.41. The summed E-state index contributed by atoms with van der Waals surface area (Å²) in [6, 6.07) is 0. The number of aryl methyl sites for hydroxylation is 1. The van der Waals surface area contributed by atoms with E-state index in [4.69, 9.17) is 0 Å². The quantitative estimate of drug-likeness (QED) is 0.612. The van der Waals surface area contributed by atoms with Gasteiger partial charge in [0, 0.05) is 19.3 Å². The fraction of sp³-hybridized carbons (Fsp3) is 0.812. The molecule has 3 heteroatoms. The first-order valence-electron chi connectivity index (χ1n) is 8.01. The van der Waals surface area contributed by atoms with Crippen LogP contribution in [0.4, 0.5) is 0 Å². The monoisotopic (exact) mass is 265 g/mol. The lowest BCUT2D eigenvalue weighted by Gasteiger charge is -2.11. The highest BCUT2D eigenvalue weighted by atomic mass is 15.1.